The summed E-state index contributed by atoms with van der Waals surface area (Å²) < 4.78 is 21.1. The summed E-state index contributed by atoms with van der Waals surface area (Å²) in [4.78, 5) is 28.5. The average Bonchev–Trinajstić information content (AvgIpc) is 3.50. The first kappa shape index (κ1) is 21.6. The van der Waals surface area contributed by atoms with Gasteiger partial charge in [-0.15, -0.1) is 0 Å². The lowest BCUT2D eigenvalue weighted by molar-refractivity contribution is -0.132. The number of amides is 2. The van der Waals surface area contributed by atoms with Gasteiger partial charge in [0.1, 0.15) is 17.6 Å². The Morgan fingerprint density at radius 3 is 2.87 bits per heavy atom. The van der Waals surface area contributed by atoms with Crippen molar-refractivity contribution in [3.63, 3.8) is 0 Å². The Kier molecular flexibility index (Phi) is 6.43. The first-order valence-electron chi connectivity index (χ1n) is 10.3. The van der Waals surface area contributed by atoms with Gasteiger partial charge in [-0.3, -0.25) is 9.59 Å². The van der Waals surface area contributed by atoms with Crippen LogP contribution >= 0.6 is 11.5 Å². The molecule has 0 spiro atoms. The van der Waals surface area contributed by atoms with E-state index in [0.717, 1.165) is 22.7 Å². The van der Waals surface area contributed by atoms with Crippen LogP contribution < -0.4 is 14.4 Å². The fourth-order valence-corrected chi connectivity index (χ4v) is 4.61. The summed E-state index contributed by atoms with van der Waals surface area (Å²) in [5.41, 5.74) is 1.88. The van der Waals surface area contributed by atoms with Crippen molar-refractivity contribution in [2.75, 3.05) is 45.4 Å². The van der Waals surface area contributed by atoms with Gasteiger partial charge in [0.2, 0.25) is 11.8 Å². The summed E-state index contributed by atoms with van der Waals surface area (Å²) in [6, 6.07) is 7.66. The summed E-state index contributed by atoms with van der Waals surface area (Å²) in [5.74, 6) is 1.18. The number of hydrogen-bond donors (Lipinski definition) is 0. The number of likely N-dealkylation sites (N-methyl/N-ethyl adjacent to an activating group) is 1. The summed E-state index contributed by atoms with van der Waals surface area (Å²) in [6.45, 7) is 3.71. The van der Waals surface area contributed by atoms with Crippen molar-refractivity contribution in [3.05, 3.63) is 35.5 Å². The zero-order valence-corrected chi connectivity index (χ0v) is 18.8. The number of benzene rings is 1. The number of likely N-dealkylation sites (tertiary alicyclic amines) is 1. The molecule has 2 atom stereocenters. The maximum Gasteiger partial charge on any atom is 0.246 e. The van der Waals surface area contributed by atoms with Crippen LogP contribution in [0.15, 0.2) is 24.3 Å². The molecule has 2 aliphatic rings. The first-order valence-corrected chi connectivity index (χ1v) is 11.1. The van der Waals surface area contributed by atoms with Crippen molar-refractivity contribution >= 4 is 28.3 Å². The second-order valence-electron chi connectivity index (χ2n) is 7.95. The van der Waals surface area contributed by atoms with Crippen molar-refractivity contribution in [1.29, 1.82) is 0 Å². The lowest BCUT2D eigenvalue weighted by atomic mass is 9.98. The Morgan fingerprint density at radius 2 is 2.19 bits per heavy atom. The zero-order valence-electron chi connectivity index (χ0n) is 18.0. The molecular formula is C22H27N3O5S. The molecule has 0 unspecified atom stereocenters. The zero-order chi connectivity index (χ0) is 22.0. The fourth-order valence-electron chi connectivity index (χ4n) is 3.87. The monoisotopic (exact) mass is 445 g/mol. The number of rotatable bonds is 7. The maximum absolute atomic E-state index is 12.7. The standard InChI is InChI=1S/C22H27N3O5S/c1-14-8-22(31-23-14)24(2)21(27)12-25-11-16(10-20(25)26)15-4-5-18(28-3)19(9-15)30-17-6-7-29-13-17/h4-5,8-9,16-17H,6-7,10-13H2,1-3H3/t16-,17-/m1/s1. The summed E-state index contributed by atoms with van der Waals surface area (Å²) >= 11 is 1.28. The molecule has 2 amide bonds. The number of methoxy groups -OCH3 is 1. The number of nitrogens with zero attached hydrogens (tertiary/aromatic N) is 3. The van der Waals surface area contributed by atoms with Crippen LogP contribution in [0, 0.1) is 6.92 Å². The smallest absolute Gasteiger partial charge is 0.246 e. The highest BCUT2D eigenvalue weighted by Crippen LogP contribution is 2.36. The van der Waals surface area contributed by atoms with Crippen LogP contribution in [-0.2, 0) is 14.3 Å². The van der Waals surface area contributed by atoms with Gasteiger partial charge < -0.3 is 24.0 Å². The van der Waals surface area contributed by atoms with E-state index in [4.69, 9.17) is 14.2 Å². The van der Waals surface area contributed by atoms with Crippen LogP contribution in [0.2, 0.25) is 0 Å². The number of aryl methyl sites for hydroxylation is 1. The van der Waals surface area contributed by atoms with Crippen LogP contribution in [0.5, 0.6) is 11.5 Å². The number of ether oxygens (including phenoxy) is 3. The van der Waals surface area contributed by atoms with E-state index < -0.39 is 0 Å². The largest absolute Gasteiger partial charge is 0.493 e. The Labute approximate surface area is 185 Å². The Bertz CT molecular complexity index is 956. The molecule has 2 aromatic rings. The number of anilines is 1. The predicted molar refractivity (Wildman–Crippen MR) is 117 cm³/mol. The van der Waals surface area contributed by atoms with E-state index in [0.29, 0.717) is 37.7 Å². The molecule has 8 nitrogen and oxygen atoms in total. The minimum Gasteiger partial charge on any atom is -0.493 e. The molecule has 2 fully saturated rings. The van der Waals surface area contributed by atoms with Crippen molar-refractivity contribution in [1.82, 2.24) is 9.27 Å². The van der Waals surface area contributed by atoms with Gasteiger partial charge in [-0.1, -0.05) is 6.07 Å². The van der Waals surface area contributed by atoms with Gasteiger partial charge in [0, 0.05) is 32.4 Å². The van der Waals surface area contributed by atoms with Gasteiger partial charge in [0.05, 0.1) is 26.0 Å². The topological polar surface area (TPSA) is 81.2 Å². The molecule has 0 saturated carbocycles. The van der Waals surface area contributed by atoms with E-state index in [1.807, 2.05) is 31.2 Å². The molecule has 31 heavy (non-hydrogen) atoms. The van der Waals surface area contributed by atoms with E-state index in [9.17, 15) is 9.59 Å². The quantitative estimate of drug-likeness (QED) is 0.652. The minimum atomic E-state index is -0.127. The lowest BCUT2D eigenvalue weighted by Crippen LogP contribution is -2.38. The Morgan fingerprint density at radius 1 is 1.35 bits per heavy atom. The van der Waals surface area contributed by atoms with Crippen LogP contribution in [0.4, 0.5) is 5.00 Å². The van der Waals surface area contributed by atoms with E-state index in [1.54, 1.807) is 24.0 Å². The highest BCUT2D eigenvalue weighted by atomic mass is 32.1. The maximum atomic E-state index is 12.7. The van der Waals surface area contributed by atoms with Gasteiger partial charge >= 0.3 is 0 Å². The van der Waals surface area contributed by atoms with Crippen LogP contribution in [-0.4, -0.2) is 67.7 Å². The molecule has 1 aromatic carbocycles. The van der Waals surface area contributed by atoms with Gasteiger partial charge in [-0.25, -0.2) is 0 Å². The van der Waals surface area contributed by atoms with Gasteiger partial charge in [-0.05, 0) is 42.2 Å². The van der Waals surface area contributed by atoms with Gasteiger partial charge in [0.25, 0.3) is 0 Å². The molecule has 9 heteroatoms. The molecule has 0 aliphatic carbocycles. The van der Waals surface area contributed by atoms with Crippen molar-refractivity contribution < 1.29 is 23.8 Å². The number of carbonyl (C=O) groups excluding carboxylic acids is 2. The third-order valence-electron chi connectivity index (χ3n) is 5.70. The van der Waals surface area contributed by atoms with Gasteiger partial charge in [-0.2, -0.15) is 4.37 Å². The summed E-state index contributed by atoms with van der Waals surface area (Å²) in [5, 5.41) is 0.776. The minimum absolute atomic E-state index is 0.00402. The van der Waals surface area contributed by atoms with E-state index in [2.05, 4.69) is 4.37 Å². The second-order valence-corrected chi connectivity index (χ2v) is 8.73. The molecule has 2 saturated heterocycles. The van der Waals surface area contributed by atoms with E-state index >= 15 is 0 Å². The van der Waals surface area contributed by atoms with Crippen LogP contribution in [0.1, 0.15) is 30.0 Å². The Hall–Kier alpha value is -2.65. The average molecular weight is 446 g/mol. The number of aromatic nitrogens is 1. The third-order valence-corrected chi connectivity index (χ3v) is 6.66. The van der Waals surface area contributed by atoms with Crippen LogP contribution in [0.3, 0.4) is 0 Å². The summed E-state index contributed by atoms with van der Waals surface area (Å²) in [6.07, 6.45) is 1.22. The molecule has 2 aliphatic heterocycles. The molecular weight excluding hydrogens is 418 g/mol. The van der Waals surface area contributed by atoms with E-state index in [-0.39, 0.29) is 30.4 Å². The number of carbonyl (C=O) groups is 2. The normalized spacial score (nSPS) is 20.9. The SMILES string of the molecule is COc1ccc([C@@H]2CC(=O)N(CC(=O)N(C)c3cc(C)ns3)C2)cc1O[C@@H]1CCOC1. The van der Waals surface area contributed by atoms with E-state index in [1.165, 1.54) is 11.5 Å². The molecule has 0 bridgehead atoms. The molecule has 166 valence electrons. The highest BCUT2D eigenvalue weighted by Gasteiger charge is 2.33. The van der Waals surface area contributed by atoms with Crippen molar-refractivity contribution in [2.24, 2.45) is 0 Å². The predicted octanol–water partition coefficient (Wildman–Crippen LogP) is 2.61. The van der Waals surface area contributed by atoms with Crippen molar-refractivity contribution in [2.45, 2.75) is 31.8 Å². The second kappa shape index (κ2) is 9.23. The first-order chi connectivity index (χ1) is 14.9. The molecule has 3 heterocycles. The highest BCUT2D eigenvalue weighted by molar-refractivity contribution is 7.10. The number of hydrogen-bond acceptors (Lipinski definition) is 7. The lowest BCUT2D eigenvalue weighted by Gasteiger charge is -2.21. The molecule has 0 radical (unpaired) electrons. The fraction of sp³-hybridized carbons (Fsp3) is 0.500. The van der Waals surface area contributed by atoms with Crippen molar-refractivity contribution in [3.8, 4) is 11.5 Å². The van der Waals surface area contributed by atoms with Crippen LogP contribution in [0.25, 0.3) is 0 Å². The molecule has 1 aromatic heterocycles. The molecule has 4 rings (SSSR count). The van der Waals surface area contributed by atoms with Gasteiger partial charge in [0.15, 0.2) is 11.5 Å². The third kappa shape index (κ3) is 4.83. The molecule has 0 N–H and O–H groups in total. The summed E-state index contributed by atoms with van der Waals surface area (Å²) in [7, 11) is 3.33. The Balaban J connectivity index is 1.43.